The molecule has 2 aromatic rings. The maximum absolute atomic E-state index is 13.6. The van der Waals surface area contributed by atoms with E-state index in [1.54, 1.807) is 36.2 Å². The minimum Gasteiger partial charge on any atom is -0.504 e. The van der Waals surface area contributed by atoms with Crippen LogP contribution in [0.25, 0.3) is 0 Å². The van der Waals surface area contributed by atoms with E-state index in [1.165, 1.54) is 19.8 Å². The van der Waals surface area contributed by atoms with Gasteiger partial charge >= 0.3 is 5.97 Å². The lowest BCUT2D eigenvalue weighted by molar-refractivity contribution is -0.196. The number of hydrogen-bond acceptors (Lipinski definition) is 6. The molecule has 7 rings (SSSR count). The smallest absolute Gasteiger partial charge is 0.303 e. The molecule has 1 saturated carbocycles. The second-order valence-electron chi connectivity index (χ2n) is 12.0. The van der Waals surface area contributed by atoms with Gasteiger partial charge < -0.3 is 19.5 Å². The van der Waals surface area contributed by atoms with E-state index in [4.69, 9.17) is 32.7 Å². The fourth-order valence-electron chi connectivity index (χ4n) is 7.89. The molecular weight excluding hydrogens is 551 g/mol. The molecular formula is C31H32Cl2N2O5. The monoisotopic (exact) mass is 582 g/mol. The zero-order valence-electron chi connectivity index (χ0n) is 22.6. The van der Waals surface area contributed by atoms with E-state index in [2.05, 4.69) is 4.90 Å². The number of hydrogen-bond donors (Lipinski definition) is 1. The SMILES string of the molecule is CC(=O)O[C@@]12CCC(N(C)C(=O)Cc3ccc(Cl)c(Cl)c3)=C3Oc4c(O)ccc5c4[C@@]31CCN(CC1CC1)[C@@H]2C5. The number of phenols is 1. The molecule has 1 N–H and O–H groups in total. The molecule has 9 heteroatoms. The number of aromatic hydroxyl groups is 1. The molecule has 2 fully saturated rings. The van der Waals surface area contributed by atoms with Gasteiger partial charge in [-0.15, -0.1) is 0 Å². The number of rotatable bonds is 6. The third-order valence-corrected chi connectivity index (χ3v) is 10.5. The fourth-order valence-corrected chi connectivity index (χ4v) is 8.21. The number of carbonyl (C=O) groups excluding carboxylic acids is 2. The van der Waals surface area contributed by atoms with Gasteiger partial charge in [0.15, 0.2) is 11.5 Å². The van der Waals surface area contributed by atoms with Crippen molar-refractivity contribution in [2.24, 2.45) is 5.92 Å². The van der Waals surface area contributed by atoms with Crippen molar-refractivity contribution in [1.29, 1.82) is 0 Å². The maximum atomic E-state index is 13.6. The van der Waals surface area contributed by atoms with Crippen molar-refractivity contribution >= 4 is 35.1 Å². The first-order valence-electron chi connectivity index (χ1n) is 14.1. The van der Waals surface area contributed by atoms with Gasteiger partial charge in [-0.25, -0.2) is 0 Å². The molecule has 1 spiro atoms. The largest absolute Gasteiger partial charge is 0.504 e. The predicted octanol–water partition coefficient (Wildman–Crippen LogP) is 5.38. The van der Waals surface area contributed by atoms with Gasteiger partial charge in [0, 0.05) is 32.6 Å². The van der Waals surface area contributed by atoms with Gasteiger partial charge in [-0.3, -0.25) is 14.5 Å². The van der Waals surface area contributed by atoms with Crippen molar-refractivity contribution in [1.82, 2.24) is 9.80 Å². The molecule has 3 aliphatic carbocycles. The molecule has 0 aromatic heterocycles. The quantitative estimate of drug-likeness (QED) is 0.461. The first-order chi connectivity index (χ1) is 19.1. The molecule has 2 aromatic carbocycles. The Balaban J connectivity index is 1.35. The first-order valence-corrected chi connectivity index (χ1v) is 14.8. The van der Waals surface area contributed by atoms with Crippen molar-refractivity contribution < 1.29 is 24.2 Å². The highest BCUT2D eigenvalue weighted by atomic mass is 35.5. The van der Waals surface area contributed by atoms with Crippen molar-refractivity contribution in [2.75, 3.05) is 20.1 Å². The normalized spacial score (nSPS) is 28.1. The minimum absolute atomic E-state index is 0.00823. The van der Waals surface area contributed by atoms with Crippen LogP contribution >= 0.6 is 23.2 Å². The summed E-state index contributed by atoms with van der Waals surface area (Å²) in [5.74, 6) is 1.40. The van der Waals surface area contributed by atoms with Crippen LogP contribution in [-0.4, -0.2) is 58.6 Å². The Labute approximate surface area is 243 Å². The molecule has 7 nitrogen and oxygen atoms in total. The molecule has 2 heterocycles. The van der Waals surface area contributed by atoms with Crippen LogP contribution in [0.3, 0.4) is 0 Å². The van der Waals surface area contributed by atoms with E-state index in [-0.39, 0.29) is 30.1 Å². The van der Waals surface area contributed by atoms with E-state index < -0.39 is 11.0 Å². The number of amides is 1. The molecule has 0 unspecified atom stereocenters. The summed E-state index contributed by atoms with van der Waals surface area (Å²) in [6.07, 6.45) is 5.11. The number of likely N-dealkylation sites (N-methyl/N-ethyl adjacent to an activating group) is 1. The Morgan fingerprint density at radius 2 is 1.98 bits per heavy atom. The van der Waals surface area contributed by atoms with E-state index in [1.807, 2.05) is 6.07 Å². The molecule has 1 amide bonds. The van der Waals surface area contributed by atoms with Gasteiger partial charge in [0.05, 0.1) is 28.2 Å². The number of carbonyl (C=O) groups is 2. The standard InChI is InChI=1S/C31H32Cl2N2O5/c1-17(36)40-31-10-9-23(34(2)26(38)14-19-5-7-21(32)22(33)13-19)29-30(31)11-12-35(16-18-3-4-18)25(31)15-20-6-8-24(37)28(39-29)27(20)30/h5-8,13,18,25,37H,3-4,9-12,14-16H2,1-2H3/t25-,30+,31-/m1/s1. The Hall–Kier alpha value is -2.74. The molecule has 5 aliphatic rings. The van der Waals surface area contributed by atoms with Crippen LogP contribution < -0.4 is 4.74 Å². The van der Waals surface area contributed by atoms with Gasteiger partial charge in [-0.2, -0.15) is 0 Å². The van der Waals surface area contributed by atoms with Crippen LogP contribution in [0.15, 0.2) is 41.8 Å². The molecule has 3 atom stereocenters. The van der Waals surface area contributed by atoms with Crippen LogP contribution in [0, 0.1) is 5.92 Å². The number of phenolic OH excluding ortho intramolecular Hbond substituents is 1. The maximum Gasteiger partial charge on any atom is 0.303 e. The van der Waals surface area contributed by atoms with Crippen LogP contribution in [0.4, 0.5) is 0 Å². The Morgan fingerprint density at radius 3 is 2.70 bits per heavy atom. The Bertz CT molecular complexity index is 1490. The number of halogens is 2. The summed E-state index contributed by atoms with van der Waals surface area (Å²) < 4.78 is 13.1. The second-order valence-corrected chi connectivity index (χ2v) is 12.8. The Kier molecular flexibility index (Phi) is 5.98. The highest BCUT2D eigenvalue weighted by molar-refractivity contribution is 6.42. The topological polar surface area (TPSA) is 79.3 Å². The summed E-state index contributed by atoms with van der Waals surface area (Å²) in [5, 5.41) is 11.8. The minimum atomic E-state index is -0.843. The van der Waals surface area contributed by atoms with Gasteiger partial charge in [0.25, 0.3) is 0 Å². The van der Waals surface area contributed by atoms with Gasteiger partial charge in [0.2, 0.25) is 5.91 Å². The summed E-state index contributed by atoms with van der Waals surface area (Å²) >= 11 is 12.3. The number of likely N-dealkylation sites (tertiary alicyclic amines) is 1. The highest BCUT2D eigenvalue weighted by Crippen LogP contribution is 2.68. The summed E-state index contributed by atoms with van der Waals surface area (Å²) in [7, 11) is 1.77. The Morgan fingerprint density at radius 1 is 1.18 bits per heavy atom. The van der Waals surface area contributed by atoms with Crippen LogP contribution in [-0.2, 0) is 32.6 Å². The summed E-state index contributed by atoms with van der Waals surface area (Å²) in [5.41, 5.74) is 1.96. The van der Waals surface area contributed by atoms with Gasteiger partial charge in [-0.05, 0) is 73.8 Å². The van der Waals surface area contributed by atoms with E-state index in [0.29, 0.717) is 46.7 Å². The second kappa shape index (κ2) is 9.13. The summed E-state index contributed by atoms with van der Waals surface area (Å²) in [6, 6.07) is 8.89. The van der Waals surface area contributed by atoms with Crippen LogP contribution in [0.5, 0.6) is 11.5 Å². The number of benzene rings is 2. The number of ether oxygens (including phenoxy) is 2. The van der Waals surface area contributed by atoms with Crippen LogP contribution in [0.1, 0.15) is 55.7 Å². The van der Waals surface area contributed by atoms with E-state index in [9.17, 15) is 14.7 Å². The van der Waals surface area contributed by atoms with Gasteiger partial charge in [0.1, 0.15) is 16.8 Å². The van der Waals surface area contributed by atoms with Crippen molar-refractivity contribution in [3.05, 3.63) is 68.5 Å². The molecule has 0 radical (unpaired) electrons. The lowest BCUT2D eigenvalue weighted by Gasteiger charge is -2.62. The van der Waals surface area contributed by atoms with Crippen LogP contribution in [0.2, 0.25) is 10.0 Å². The fraction of sp³-hybridized carbons (Fsp3) is 0.484. The van der Waals surface area contributed by atoms with Gasteiger partial charge in [-0.1, -0.05) is 35.3 Å². The van der Waals surface area contributed by atoms with Crippen molar-refractivity contribution in [2.45, 2.75) is 68.9 Å². The average Bonchev–Trinajstić information content (AvgIpc) is 3.65. The molecule has 2 bridgehead atoms. The van der Waals surface area contributed by atoms with Crippen molar-refractivity contribution in [3.63, 3.8) is 0 Å². The number of allylic oxidation sites excluding steroid dienone is 1. The highest BCUT2D eigenvalue weighted by Gasteiger charge is 2.73. The molecule has 210 valence electrons. The predicted molar refractivity (Wildman–Crippen MR) is 151 cm³/mol. The lowest BCUT2D eigenvalue weighted by Crippen LogP contribution is -2.74. The van der Waals surface area contributed by atoms with E-state index >= 15 is 0 Å². The summed E-state index contributed by atoms with van der Waals surface area (Å²) in [4.78, 5) is 30.6. The van der Waals surface area contributed by atoms with Crippen molar-refractivity contribution in [3.8, 4) is 11.5 Å². The number of piperidine rings is 1. The zero-order valence-corrected chi connectivity index (χ0v) is 24.1. The molecule has 40 heavy (non-hydrogen) atoms. The molecule has 2 aliphatic heterocycles. The number of esters is 1. The third-order valence-electron chi connectivity index (χ3n) is 9.76. The molecule has 1 saturated heterocycles. The lowest BCUT2D eigenvalue weighted by atomic mass is 9.50. The van der Waals surface area contributed by atoms with E-state index in [0.717, 1.165) is 41.9 Å². The third kappa shape index (κ3) is 3.67. The average molecular weight is 584 g/mol. The zero-order chi connectivity index (χ0) is 28.0. The summed E-state index contributed by atoms with van der Waals surface area (Å²) in [6.45, 7) is 3.31. The number of nitrogens with zero attached hydrogens (tertiary/aromatic N) is 2. The first kappa shape index (κ1) is 26.2.